The van der Waals surface area contributed by atoms with E-state index in [0.717, 1.165) is 22.2 Å². The Bertz CT molecular complexity index is 1490. The standard InChI is InChI=1S/C29H26BrN3O6S/c1-3-38-24-14-19(11-12-23(24)39-17-27(35)31-20-8-6-7-18(2)13-20)15-25-28(36)33(29(37)40-25)16-26(34)32-22-10-5-4-9-21(22)30/h4-15H,3,16-17H2,1-2H3,(H,31,35)(H,32,34)/b25-15+. The van der Waals surface area contributed by atoms with Gasteiger partial charge in [-0.1, -0.05) is 30.3 Å². The number of para-hydroxylation sites is 1. The molecule has 0 unspecified atom stereocenters. The zero-order valence-electron chi connectivity index (χ0n) is 21.7. The van der Waals surface area contributed by atoms with Gasteiger partial charge in [-0.05, 0) is 95.1 Å². The van der Waals surface area contributed by atoms with Gasteiger partial charge in [-0.15, -0.1) is 0 Å². The Morgan fingerprint density at radius 2 is 1.75 bits per heavy atom. The molecule has 11 heteroatoms. The summed E-state index contributed by atoms with van der Waals surface area (Å²) < 4.78 is 12.1. The van der Waals surface area contributed by atoms with E-state index in [9.17, 15) is 19.2 Å². The topological polar surface area (TPSA) is 114 Å². The number of hydrogen-bond donors (Lipinski definition) is 2. The van der Waals surface area contributed by atoms with E-state index in [0.29, 0.717) is 39.5 Å². The molecule has 1 saturated heterocycles. The molecular formula is C29H26BrN3O6S. The molecule has 2 N–H and O–H groups in total. The van der Waals surface area contributed by atoms with Crippen LogP contribution >= 0.6 is 27.7 Å². The number of thioether (sulfide) groups is 1. The summed E-state index contributed by atoms with van der Waals surface area (Å²) in [6.45, 7) is 3.45. The molecule has 0 aromatic heterocycles. The molecule has 3 aromatic rings. The van der Waals surface area contributed by atoms with Gasteiger partial charge in [0.15, 0.2) is 18.1 Å². The van der Waals surface area contributed by atoms with Crippen LogP contribution in [-0.2, 0) is 14.4 Å². The number of imide groups is 1. The second-order valence-electron chi connectivity index (χ2n) is 8.64. The number of benzene rings is 3. The van der Waals surface area contributed by atoms with Gasteiger partial charge >= 0.3 is 0 Å². The van der Waals surface area contributed by atoms with Crippen molar-refractivity contribution in [1.82, 2.24) is 4.90 Å². The monoisotopic (exact) mass is 623 g/mol. The first kappa shape index (κ1) is 28.9. The number of nitrogens with one attached hydrogen (secondary N) is 2. The van der Waals surface area contributed by atoms with Crippen molar-refractivity contribution in [1.29, 1.82) is 0 Å². The van der Waals surface area contributed by atoms with Crippen LogP contribution in [0.3, 0.4) is 0 Å². The molecule has 4 rings (SSSR count). The third-order valence-corrected chi connectivity index (χ3v) is 7.15. The van der Waals surface area contributed by atoms with E-state index in [-0.39, 0.29) is 17.4 Å². The number of carbonyl (C=O) groups is 4. The van der Waals surface area contributed by atoms with Gasteiger partial charge in [0.2, 0.25) is 5.91 Å². The van der Waals surface area contributed by atoms with Crippen LogP contribution in [0.15, 0.2) is 76.1 Å². The number of ether oxygens (including phenoxy) is 2. The van der Waals surface area contributed by atoms with Gasteiger partial charge in [-0.2, -0.15) is 0 Å². The van der Waals surface area contributed by atoms with Crippen molar-refractivity contribution in [2.75, 3.05) is 30.4 Å². The minimum Gasteiger partial charge on any atom is -0.490 e. The highest BCUT2D eigenvalue weighted by Gasteiger charge is 2.36. The van der Waals surface area contributed by atoms with Crippen molar-refractivity contribution in [3.63, 3.8) is 0 Å². The number of nitrogens with zero attached hydrogens (tertiary/aromatic N) is 1. The molecule has 0 aliphatic carbocycles. The van der Waals surface area contributed by atoms with E-state index >= 15 is 0 Å². The van der Waals surface area contributed by atoms with Gasteiger partial charge in [0.1, 0.15) is 6.54 Å². The summed E-state index contributed by atoms with van der Waals surface area (Å²) in [6.07, 6.45) is 1.55. The van der Waals surface area contributed by atoms with Crippen LogP contribution in [0.4, 0.5) is 16.2 Å². The molecule has 3 aromatic carbocycles. The van der Waals surface area contributed by atoms with E-state index in [1.807, 2.05) is 32.0 Å². The Balaban J connectivity index is 1.41. The molecule has 1 aliphatic heterocycles. The summed E-state index contributed by atoms with van der Waals surface area (Å²) in [6, 6.07) is 19.4. The van der Waals surface area contributed by atoms with Gasteiger partial charge in [0.25, 0.3) is 17.1 Å². The van der Waals surface area contributed by atoms with Crippen LogP contribution in [0, 0.1) is 6.92 Å². The summed E-state index contributed by atoms with van der Waals surface area (Å²) >= 11 is 4.10. The molecule has 1 aliphatic rings. The molecule has 0 spiro atoms. The zero-order valence-corrected chi connectivity index (χ0v) is 24.1. The molecule has 206 valence electrons. The summed E-state index contributed by atoms with van der Waals surface area (Å²) in [5.41, 5.74) is 2.82. The zero-order chi connectivity index (χ0) is 28.6. The highest BCUT2D eigenvalue weighted by molar-refractivity contribution is 9.10. The molecule has 1 fully saturated rings. The van der Waals surface area contributed by atoms with E-state index in [1.165, 1.54) is 0 Å². The maximum atomic E-state index is 12.9. The van der Waals surface area contributed by atoms with E-state index in [4.69, 9.17) is 9.47 Å². The smallest absolute Gasteiger partial charge is 0.294 e. The molecule has 0 radical (unpaired) electrons. The highest BCUT2D eigenvalue weighted by Crippen LogP contribution is 2.35. The molecule has 0 saturated carbocycles. The Morgan fingerprint density at radius 1 is 0.950 bits per heavy atom. The van der Waals surface area contributed by atoms with Crippen LogP contribution in [0.2, 0.25) is 0 Å². The van der Waals surface area contributed by atoms with Crippen LogP contribution in [0.5, 0.6) is 11.5 Å². The Labute approximate surface area is 244 Å². The van der Waals surface area contributed by atoms with Gasteiger partial charge in [0.05, 0.1) is 17.2 Å². The Morgan fingerprint density at radius 3 is 2.50 bits per heavy atom. The first-order valence-electron chi connectivity index (χ1n) is 12.3. The number of hydrogen-bond acceptors (Lipinski definition) is 7. The lowest BCUT2D eigenvalue weighted by molar-refractivity contribution is -0.127. The first-order valence-corrected chi connectivity index (χ1v) is 13.9. The number of aryl methyl sites for hydroxylation is 1. The maximum Gasteiger partial charge on any atom is 0.294 e. The second kappa shape index (κ2) is 13.3. The average molecular weight is 625 g/mol. The fraction of sp³-hybridized carbons (Fsp3) is 0.172. The minimum absolute atomic E-state index is 0.173. The van der Waals surface area contributed by atoms with Gasteiger partial charge in [-0.25, -0.2) is 0 Å². The van der Waals surface area contributed by atoms with E-state index in [1.54, 1.807) is 54.6 Å². The third kappa shape index (κ3) is 7.51. The van der Waals surface area contributed by atoms with Crippen molar-refractivity contribution in [3.8, 4) is 11.5 Å². The van der Waals surface area contributed by atoms with Crippen LogP contribution in [0.1, 0.15) is 18.1 Å². The van der Waals surface area contributed by atoms with Gasteiger partial charge in [-0.3, -0.25) is 24.1 Å². The second-order valence-corrected chi connectivity index (χ2v) is 10.5. The van der Waals surface area contributed by atoms with Crippen LogP contribution < -0.4 is 20.1 Å². The fourth-order valence-corrected chi connectivity index (χ4v) is 4.97. The Hall–Kier alpha value is -4.09. The van der Waals surface area contributed by atoms with Crippen molar-refractivity contribution in [3.05, 3.63) is 87.2 Å². The maximum absolute atomic E-state index is 12.9. The lowest BCUT2D eigenvalue weighted by atomic mass is 10.2. The van der Waals surface area contributed by atoms with E-state index in [2.05, 4.69) is 26.6 Å². The molecule has 9 nitrogen and oxygen atoms in total. The summed E-state index contributed by atoms with van der Waals surface area (Å²) in [4.78, 5) is 51.4. The third-order valence-electron chi connectivity index (χ3n) is 5.55. The fourth-order valence-electron chi connectivity index (χ4n) is 3.75. The predicted octanol–water partition coefficient (Wildman–Crippen LogP) is 5.85. The van der Waals surface area contributed by atoms with Crippen molar-refractivity contribution in [2.24, 2.45) is 0 Å². The lowest BCUT2D eigenvalue weighted by Crippen LogP contribution is -2.36. The lowest BCUT2D eigenvalue weighted by Gasteiger charge is -2.13. The Kier molecular flexibility index (Phi) is 9.62. The highest BCUT2D eigenvalue weighted by atomic mass is 79.9. The molecule has 0 atom stereocenters. The molecular weight excluding hydrogens is 598 g/mol. The molecule has 4 amide bonds. The summed E-state index contributed by atoms with van der Waals surface area (Å²) in [5, 5.41) is 4.93. The number of rotatable bonds is 10. The van der Waals surface area contributed by atoms with E-state index < -0.39 is 23.6 Å². The largest absolute Gasteiger partial charge is 0.490 e. The quantitative estimate of drug-likeness (QED) is 0.272. The normalized spacial score (nSPS) is 13.9. The molecule has 1 heterocycles. The molecule has 0 bridgehead atoms. The number of carbonyl (C=O) groups excluding carboxylic acids is 4. The predicted molar refractivity (Wildman–Crippen MR) is 158 cm³/mol. The first-order chi connectivity index (χ1) is 19.2. The minimum atomic E-state index is -0.566. The van der Waals surface area contributed by atoms with Crippen molar-refractivity contribution < 1.29 is 28.7 Å². The van der Waals surface area contributed by atoms with Crippen LogP contribution in [0.25, 0.3) is 6.08 Å². The molecule has 40 heavy (non-hydrogen) atoms. The SMILES string of the molecule is CCOc1cc(/C=C2/SC(=O)N(CC(=O)Nc3ccccc3Br)C2=O)ccc1OCC(=O)Nc1cccc(C)c1. The average Bonchev–Trinajstić information content (AvgIpc) is 3.17. The number of anilines is 2. The van der Waals surface area contributed by atoms with Gasteiger partial charge in [0, 0.05) is 10.2 Å². The summed E-state index contributed by atoms with van der Waals surface area (Å²) in [5.74, 6) is -0.651. The van der Waals surface area contributed by atoms with Gasteiger partial charge < -0.3 is 20.1 Å². The number of amides is 4. The summed E-state index contributed by atoms with van der Waals surface area (Å²) in [7, 11) is 0. The number of halogens is 1. The van der Waals surface area contributed by atoms with Crippen molar-refractivity contribution >= 4 is 68.1 Å². The van der Waals surface area contributed by atoms with Crippen LogP contribution in [-0.4, -0.2) is 47.6 Å². The van der Waals surface area contributed by atoms with Crippen molar-refractivity contribution in [2.45, 2.75) is 13.8 Å².